The number of hydrogen-bond donors (Lipinski definition) is 2. The molecule has 4 nitrogen and oxygen atoms in total. The maximum Gasteiger partial charge on any atom is 0.258 e. The molecule has 1 heterocycles. The van der Waals surface area contributed by atoms with Crippen LogP contribution in [0.4, 0.5) is 11.5 Å². The fraction of sp³-hybridized carbons (Fsp3) is 0. The van der Waals surface area contributed by atoms with Crippen LogP contribution in [0.15, 0.2) is 34.9 Å². The summed E-state index contributed by atoms with van der Waals surface area (Å²) in [5.74, 6) is -0.00939. The Bertz CT molecular complexity index is 649. The molecule has 0 fully saturated rings. The average Bonchev–Trinajstić information content (AvgIpc) is 2.32. The molecule has 0 saturated carbocycles. The van der Waals surface area contributed by atoms with Gasteiger partial charge in [0, 0.05) is 5.02 Å². The molecule has 0 saturated heterocycles. The third-order valence-electron chi connectivity index (χ3n) is 2.27. The van der Waals surface area contributed by atoms with Gasteiger partial charge in [0.05, 0.1) is 26.9 Å². The van der Waals surface area contributed by atoms with Crippen molar-refractivity contribution >= 4 is 56.5 Å². The van der Waals surface area contributed by atoms with Gasteiger partial charge in [0.1, 0.15) is 5.82 Å². The molecular weight excluding hydrogens is 353 g/mol. The minimum Gasteiger partial charge on any atom is -0.397 e. The SMILES string of the molecule is Nc1cnc(NC(=O)c2ccc(Cl)cc2Cl)c(Br)c1. The van der Waals surface area contributed by atoms with Crippen LogP contribution in [-0.4, -0.2) is 10.9 Å². The third-order valence-corrected chi connectivity index (χ3v) is 3.42. The molecule has 0 atom stereocenters. The first-order valence-corrected chi connectivity index (χ1v) is 6.69. The molecule has 98 valence electrons. The number of pyridine rings is 1. The summed E-state index contributed by atoms with van der Waals surface area (Å²) in [6, 6.07) is 6.29. The first-order valence-electron chi connectivity index (χ1n) is 5.15. The second kappa shape index (κ2) is 5.77. The van der Waals surface area contributed by atoms with Crippen LogP contribution >= 0.6 is 39.1 Å². The fourth-order valence-corrected chi connectivity index (χ4v) is 2.35. The third kappa shape index (κ3) is 3.37. The molecule has 7 heteroatoms. The largest absolute Gasteiger partial charge is 0.397 e. The predicted octanol–water partition coefficient (Wildman–Crippen LogP) is 3.99. The van der Waals surface area contributed by atoms with Crippen molar-refractivity contribution in [2.45, 2.75) is 0 Å². The molecule has 0 bridgehead atoms. The van der Waals surface area contributed by atoms with Crippen LogP contribution in [0.2, 0.25) is 10.0 Å². The van der Waals surface area contributed by atoms with Crippen LogP contribution in [0.5, 0.6) is 0 Å². The van der Waals surface area contributed by atoms with Gasteiger partial charge >= 0.3 is 0 Å². The summed E-state index contributed by atoms with van der Waals surface area (Å²) in [6.07, 6.45) is 1.45. The summed E-state index contributed by atoms with van der Waals surface area (Å²) in [6.45, 7) is 0. The van der Waals surface area contributed by atoms with Crippen molar-refractivity contribution in [1.82, 2.24) is 4.98 Å². The number of nitrogens with zero attached hydrogens (tertiary/aromatic N) is 1. The number of anilines is 2. The molecule has 0 radical (unpaired) electrons. The summed E-state index contributed by atoms with van der Waals surface area (Å²) in [5.41, 5.74) is 6.38. The zero-order valence-electron chi connectivity index (χ0n) is 9.45. The molecule has 2 aromatic rings. The van der Waals surface area contributed by atoms with E-state index in [4.69, 9.17) is 28.9 Å². The number of halogens is 3. The number of amides is 1. The van der Waals surface area contributed by atoms with E-state index in [1.54, 1.807) is 18.2 Å². The molecule has 19 heavy (non-hydrogen) atoms. The van der Waals surface area contributed by atoms with Gasteiger partial charge in [-0.25, -0.2) is 4.98 Å². The van der Waals surface area contributed by atoms with E-state index >= 15 is 0 Å². The number of nitrogen functional groups attached to an aromatic ring is 1. The Labute approximate surface area is 128 Å². The molecule has 0 aliphatic rings. The highest BCUT2D eigenvalue weighted by atomic mass is 79.9. The number of aromatic nitrogens is 1. The molecule has 1 amide bonds. The van der Waals surface area contributed by atoms with Crippen LogP contribution < -0.4 is 11.1 Å². The number of carbonyl (C=O) groups excluding carboxylic acids is 1. The van der Waals surface area contributed by atoms with Gasteiger partial charge in [0.15, 0.2) is 0 Å². The maximum atomic E-state index is 12.1. The number of nitrogens with one attached hydrogen (secondary N) is 1. The lowest BCUT2D eigenvalue weighted by atomic mass is 10.2. The Kier molecular flexibility index (Phi) is 4.29. The Morgan fingerprint density at radius 3 is 2.68 bits per heavy atom. The highest BCUT2D eigenvalue weighted by Gasteiger charge is 2.13. The van der Waals surface area contributed by atoms with Crippen molar-refractivity contribution in [2.24, 2.45) is 0 Å². The topological polar surface area (TPSA) is 68.0 Å². The summed E-state index contributed by atoms with van der Waals surface area (Å²) in [7, 11) is 0. The Hall–Kier alpha value is -1.30. The van der Waals surface area contributed by atoms with E-state index in [9.17, 15) is 4.79 Å². The summed E-state index contributed by atoms with van der Waals surface area (Å²) >= 11 is 15.0. The summed E-state index contributed by atoms with van der Waals surface area (Å²) < 4.78 is 0.589. The number of rotatable bonds is 2. The molecule has 2 rings (SSSR count). The Morgan fingerprint density at radius 2 is 2.05 bits per heavy atom. The monoisotopic (exact) mass is 359 g/mol. The first-order chi connectivity index (χ1) is 8.97. The normalized spacial score (nSPS) is 10.3. The van der Waals surface area contributed by atoms with Crippen molar-refractivity contribution in [1.29, 1.82) is 0 Å². The van der Waals surface area contributed by atoms with Gasteiger partial charge in [-0.1, -0.05) is 23.2 Å². The maximum absolute atomic E-state index is 12.1. The molecular formula is C12H8BrCl2N3O. The Balaban J connectivity index is 2.25. The van der Waals surface area contributed by atoms with Crippen LogP contribution in [0.1, 0.15) is 10.4 Å². The summed E-state index contributed by atoms with van der Waals surface area (Å²) in [4.78, 5) is 16.1. The van der Waals surface area contributed by atoms with Gasteiger partial charge in [-0.2, -0.15) is 0 Å². The van der Waals surface area contributed by atoms with Crippen molar-refractivity contribution in [3.05, 3.63) is 50.5 Å². The minimum atomic E-state index is -0.375. The fourth-order valence-electron chi connectivity index (χ4n) is 1.39. The van der Waals surface area contributed by atoms with Crippen LogP contribution in [-0.2, 0) is 0 Å². The molecule has 0 spiro atoms. The standard InChI is InChI=1S/C12H8BrCl2N3O/c13-9-4-7(16)5-17-11(9)18-12(19)8-2-1-6(14)3-10(8)15/h1-5H,16H2,(H,17,18,19). The smallest absolute Gasteiger partial charge is 0.258 e. The van der Waals surface area contributed by atoms with E-state index in [-0.39, 0.29) is 10.9 Å². The molecule has 0 aliphatic carbocycles. The second-order valence-corrected chi connectivity index (χ2v) is 5.38. The van der Waals surface area contributed by atoms with Gasteiger partial charge in [0.25, 0.3) is 5.91 Å². The second-order valence-electron chi connectivity index (χ2n) is 3.68. The van der Waals surface area contributed by atoms with Gasteiger partial charge in [-0.15, -0.1) is 0 Å². The lowest BCUT2D eigenvalue weighted by Crippen LogP contribution is -2.14. The van der Waals surface area contributed by atoms with E-state index in [0.717, 1.165) is 0 Å². The minimum absolute atomic E-state index is 0.275. The van der Waals surface area contributed by atoms with Crippen molar-refractivity contribution in [3.63, 3.8) is 0 Å². The van der Waals surface area contributed by atoms with Gasteiger partial charge < -0.3 is 11.1 Å². The first kappa shape index (κ1) is 14.1. The van der Waals surface area contributed by atoms with E-state index in [1.165, 1.54) is 12.3 Å². The van der Waals surface area contributed by atoms with Gasteiger partial charge in [-0.05, 0) is 40.2 Å². The molecule has 0 unspecified atom stereocenters. The van der Waals surface area contributed by atoms with E-state index in [0.29, 0.717) is 26.6 Å². The van der Waals surface area contributed by atoms with Crippen LogP contribution in [0.25, 0.3) is 0 Å². The van der Waals surface area contributed by atoms with Crippen molar-refractivity contribution in [2.75, 3.05) is 11.1 Å². The zero-order chi connectivity index (χ0) is 14.0. The van der Waals surface area contributed by atoms with Gasteiger partial charge in [0.2, 0.25) is 0 Å². The highest BCUT2D eigenvalue weighted by Crippen LogP contribution is 2.25. The molecule has 0 aliphatic heterocycles. The van der Waals surface area contributed by atoms with E-state index < -0.39 is 0 Å². The molecule has 1 aromatic heterocycles. The number of carbonyl (C=O) groups is 1. The number of benzene rings is 1. The Morgan fingerprint density at radius 1 is 1.32 bits per heavy atom. The lowest BCUT2D eigenvalue weighted by molar-refractivity contribution is 0.102. The van der Waals surface area contributed by atoms with E-state index in [2.05, 4.69) is 26.2 Å². The number of nitrogens with two attached hydrogens (primary N) is 1. The average molecular weight is 361 g/mol. The molecule has 3 N–H and O–H groups in total. The van der Waals surface area contributed by atoms with Crippen LogP contribution in [0.3, 0.4) is 0 Å². The number of hydrogen-bond acceptors (Lipinski definition) is 3. The lowest BCUT2D eigenvalue weighted by Gasteiger charge is -2.08. The van der Waals surface area contributed by atoms with Gasteiger partial charge in [-0.3, -0.25) is 4.79 Å². The quantitative estimate of drug-likeness (QED) is 0.850. The predicted molar refractivity (Wildman–Crippen MR) is 80.8 cm³/mol. The zero-order valence-corrected chi connectivity index (χ0v) is 12.6. The summed E-state index contributed by atoms with van der Waals surface area (Å²) in [5, 5.41) is 3.37. The highest BCUT2D eigenvalue weighted by molar-refractivity contribution is 9.10. The van der Waals surface area contributed by atoms with Crippen molar-refractivity contribution in [3.8, 4) is 0 Å². The molecule has 1 aromatic carbocycles. The van der Waals surface area contributed by atoms with E-state index in [1.807, 2.05) is 0 Å². The van der Waals surface area contributed by atoms with Crippen LogP contribution in [0, 0.1) is 0 Å². The van der Waals surface area contributed by atoms with Crippen molar-refractivity contribution < 1.29 is 4.79 Å².